The summed E-state index contributed by atoms with van der Waals surface area (Å²) >= 11 is 0. The number of rotatable bonds is 1. The monoisotopic (exact) mass is 140 g/mol. The quantitative estimate of drug-likeness (QED) is 0.562. The maximum atomic E-state index is 10.5. The third kappa shape index (κ3) is 1.38. The zero-order chi connectivity index (χ0) is 7.56. The summed E-state index contributed by atoms with van der Waals surface area (Å²) in [6.45, 7) is 1.99. The molecule has 0 spiro atoms. The minimum atomic E-state index is -0.656. The van der Waals surface area contributed by atoms with E-state index in [1.54, 1.807) is 0 Å². The van der Waals surface area contributed by atoms with E-state index in [2.05, 4.69) is 6.08 Å². The van der Waals surface area contributed by atoms with Crippen molar-refractivity contribution < 1.29 is 9.90 Å². The molecule has 0 saturated heterocycles. The predicted octanol–water partition coefficient (Wildman–Crippen LogP) is 1.67. The standard InChI is InChI=1S/C8H12O2/c1-6-4-2-3-5-7(6)8(9)10/h2-3,6-7H,4-5H2,1H3,(H,9,10)/t6-,7-/m0/s1. The first kappa shape index (κ1) is 7.32. The first-order chi connectivity index (χ1) is 4.72. The van der Waals surface area contributed by atoms with Gasteiger partial charge >= 0.3 is 5.97 Å². The van der Waals surface area contributed by atoms with Crippen LogP contribution in [0, 0.1) is 11.8 Å². The van der Waals surface area contributed by atoms with Gasteiger partial charge in [-0.25, -0.2) is 0 Å². The maximum absolute atomic E-state index is 10.5. The van der Waals surface area contributed by atoms with Gasteiger partial charge in [-0.05, 0) is 18.8 Å². The first-order valence-corrected chi connectivity index (χ1v) is 3.59. The third-order valence-electron chi connectivity index (χ3n) is 2.07. The molecule has 1 aliphatic carbocycles. The molecular weight excluding hydrogens is 128 g/mol. The lowest BCUT2D eigenvalue weighted by atomic mass is 9.85. The summed E-state index contributed by atoms with van der Waals surface area (Å²) in [7, 11) is 0. The highest BCUT2D eigenvalue weighted by Gasteiger charge is 2.24. The van der Waals surface area contributed by atoms with Crippen molar-refractivity contribution >= 4 is 5.97 Å². The number of hydrogen-bond donors (Lipinski definition) is 1. The second-order valence-electron chi connectivity index (χ2n) is 2.86. The normalized spacial score (nSPS) is 32.1. The van der Waals surface area contributed by atoms with Crippen molar-refractivity contribution in [1.82, 2.24) is 0 Å². The third-order valence-corrected chi connectivity index (χ3v) is 2.07. The fraction of sp³-hybridized carbons (Fsp3) is 0.625. The van der Waals surface area contributed by atoms with Gasteiger partial charge in [0.25, 0.3) is 0 Å². The number of hydrogen-bond acceptors (Lipinski definition) is 1. The van der Waals surface area contributed by atoms with E-state index in [-0.39, 0.29) is 5.92 Å². The summed E-state index contributed by atoms with van der Waals surface area (Å²) in [5.41, 5.74) is 0. The Labute approximate surface area is 60.6 Å². The summed E-state index contributed by atoms with van der Waals surface area (Å²) < 4.78 is 0. The Morgan fingerprint density at radius 3 is 2.50 bits per heavy atom. The van der Waals surface area contributed by atoms with E-state index in [1.807, 2.05) is 13.0 Å². The van der Waals surface area contributed by atoms with Gasteiger partial charge in [0.2, 0.25) is 0 Å². The van der Waals surface area contributed by atoms with E-state index in [1.165, 1.54) is 0 Å². The Morgan fingerprint density at radius 1 is 1.50 bits per heavy atom. The van der Waals surface area contributed by atoms with Crippen LogP contribution in [0.2, 0.25) is 0 Å². The first-order valence-electron chi connectivity index (χ1n) is 3.59. The lowest BCUT2D eigenvalue weighted by molar-refractivity contribution is -0.143. The smallest absolute Gasteiger partial charge is 0.307 e. The van der Waals surface area contributed by atoms with Crippen molar-refractivity contribution in [3.05, 3.63) is 12.2 Å². The Bertz CT molecular complexity index is 161. The number of aliphatic carboxylic acids is 1. The van der Waals surface area contributed by atoms with Crippen LogP contribution in [0.15, 0.2) is 12.2 Å². The van der Waals surface area contributed by atoms with Crippen LogP contribution in [0.1, 0.15) is 19.8 Å². The summed E-state index contributed by atoms with van der Waals surface area (Å²) in [6.07, 6.45) is 5.64. The minimum Gasteiger partial charge on any atom is -0.481 e. The van der Waals surface area contributed by atoms with E-state index in [0.717, 1.165) is 6.42 Å². The second-order valence-corrected chi connectivity index (χ2v) is 2.86. The SMILES string of the molecule is C[C@H]1CC=CC[C@@H]1C(=O)O. The van der Waals surface area contributed by atoms with Crippen LogP contribution in [0.5, 0.6) is 0 Å². The fourth-order valence-electron chi connectivity index (χ4n) is 1.29. The molecule has 0 aromatic carbocycles. The molecule has 1 rings (SSSR count). The summed E-state index contributed by atoms with van der Waals surface area (Å²) in [4.78, 5) is 10.5. The highest BCUT2D eigenvalue weighted by Crippen LogP contribution is 2.24. The van der Waals surface area contributed by atoms with Gasteiger partial charge in [-0.3, -0.25) is 4.79 Å². The fourth-order valence-corrected chi connectivity index (χ4v) is 1.29. The average molecular weight is 140 g/mol. The van der Waals surface area contributed by atoms with Gasteiger partial charge in [0, 0.05) is 0 Å². The molecule has 0 radical (unpaired) electrons. The molecule has 0 aliphatic heterocycles. The van der Waals surface area contributed by atoms with E-state index in [9.17, 15) is 4.79 Å². The van der Waals surface area contributed by atoms with Gasteiger partial charge in [-0.15, -0.1) is 0 Å². The van der Waals surface area contributed by atoms with Crippen LogP contribution in [0.3, 0.4) is 0 Å². The van der Waals surface area contributed by atoms with Crippen molar-refractivity contribution in [2.24, 2.45) is 11.8 Å². The highest BCUT2D eigenvalue weighted by molar-refractivity contribution is 5.70. The molecule has 0 amide bonds. The highest BCUT2D eigenvalue weighted by atomic mass is 16.4. The van der Waals surface area contributed by atoms with E-state index >= 15 is 0 Å². The molecule has 0 fully saturated rings. The Kier molecular flexibility index (Phi) is 2.10. The second kappa shape index (κ2) is 2.86. The van der Waals surface area contributed by atoms with Gasteiger partial charge in [0.05, 0.1) is 5.92 Å². The van der Waals surface area contributed by atoms with Gasteiger partial charge in [-0.1, -0.05) is 19.1 Å². The Hall–Kier alpha value is -0.790. The maximum Gasteiger partial charge on any atom is 0.307 e. The molecule has 0 bridgehead atoms. The summed E-state index contributed by atoms with van der Waals surface area (Å²) in [6, 6.07) is 0. The van der Waals surface area contributed by atoms with Gasteiger partial charge in [-0.2, -0.15) is 0 Å². The number of allylic oxidation sites excluding steroid dienone is 2. The molecule has 1 N–H and O–H groups in total. The zero-order valence-electron chi connectivity index (χ0n) is 6.08. The number of carbonyl (C=O) groups is 1. The van der Waals surface area contributed by atoms with E-state index < -0.39 is 5.97 Å². The topological polar surface area (TPSA) is 37.3 Å². The lowest BCUT2D eigenvalue weighted by Crippen LogP contribution is -2.22. The Balaban J connectivity index is 2.59. The minimum absolute atomic E-state index is 0.148. The average Bonchev–Trinajstić information content (AvgIpc) is 1.88. The van der Waals surface area contributed by atoms with Crippen molar-refractivity contribution in [3.8, 4) is 0 Å². The molecule has 2 nitrogen and oxygen atoms in total. The molecule has 0 unspecified atom stereocenters. The lowest BCUT2D eigenvalue weighted by Gasteiger charge is -2.20. The van der Waals surface area contributed by atoms with Gasteiger partial charge in [0.1, 0.15) is 0 Å². The largest absolute Gasteiger partial charge is 0.481 e. The molecule has 1 aliphatic rings. The molecule has 0 aromatic heterocycles. The summed E-state index contributed by atoms with van der Waals surface area (Å²) in [5, 5.41) is 8.67. The molecule has 10 heavy (non-hydrogen) atoms. The van der Waals surface area contributed by atoms with Crippen LogP contribution < -0.4 is 0 Å². The molecule has 0 saturated carbocycles. The Morgan fingerprint density at radius 2 is 2.10 bits per heavy atom. The van der Waals surface area contributed by atoms with E-state index in [4.69, 9.17) is 5.11 Å². The number of carboxylic acids is 1. The number of carboxylic acid groups (broad SMARTS) is 1. The molecule has 56 valence electrons. The van der Waals surface area contributed by atoms with Crippen LogP contribution in [-0.4, -0.2) is 11.1 Å². The molecular formula is C8H12O2. The zero-order valence-corrected chi connectivity index (χ0v) is 6.08. The predicted molar refractivity (Wildman–Crippen MR) is 38.7 cm³/mol. The van der Waals surface area contributed by atoms with E-state index in [0.29, 0.717) is 12.3 Å². The van der Waals surface area contributed by atoms with Crippen molar-refractivity contribution in [3.63, 3.8) is 0 Å². The van der Waals surface area contributed by atoms with Crippen LogP contribution in [0.25, 0.3) is 0 Å². The molecule has 0 aromatic rings. The van der Waals surface area contributed by atoms with Crippen LogP contribution >= 0.6 is 0 Å². The molecule has 0 heterocycles. The molecule has 2 atom stereocenters. The van der Waals surface area contributed by atoms with Gasteiger partial charge < -0.3 is 5.11 Å². The van der Waals surface area contributed by atoms with Crippen molar-refractivity contribution in [2.75, 3.05) is 0 Å². The van der Waals surface area contributed by atoms with Crippen LogP contribution in [-0.2, 0) is 4.79 Å². The van der Waals surface area contributed by atoms with Crippen molar-refractivity contribution in [2.45, 2.75) is 19.8 Å². The summed E-state index contributed by atoms with van der Waals surface area (Å²) in [5.74, 6) is -0.496. The van der Waals surface area contributed by atoms with Crippen LogP contribution in [0.4, 0.5) is 0 Å². The van der Waals surface area contributed by atoms with Crippen molar-refractivity contribution in [1.29, 1.82) is 0 Å². The molecule has 2 heteroatoms. The van der Waals surface area contributed by atoms with Gasteiger partial charge in [0.15, 0.2) is 0 Å².